The van der Waals surface area contributed by atoms with Crippen molar-refractivity contribution in [1.29, 1.82) is 0 Å². The molecule has 0 aromatic heterocycles. The quantitative estimate of drug-likeness (QED) is 0.0212. The van der Waals surface area contributed by atoms with Gasteiger partial charge in [-0.2, -0.15) is 0 Å². The van der Waals surface area contributed by atoms with E-state index in [0.29, 0.717) is 17.4 Å². The van der Waals surface area contributed by atoms with Crippen LogP contribution in [0.1, 0.15) is 213 Å². The molecule has 0 spiro atoms. The zero-order valence-electron chi connectivity index (χ0n) is 40.8. The third kappa shape index (κ3) is 45.3. The number of carboxylic acids is 1. The lowest BCUT2D eigenvalue weighted by atomic mass is 10.0. The second-order valence-electron chi connectivity index (χ2n) is 18.1. The maximum atomic E-state index is 12.7. The van der Waals surface area contributed by atoms with E-state index in [1.807, 2.05) is 21.1 Å². The van der Waals surface area contributed by atoms with Gasteiger partial charge in [-0.3, -0.25) is 9.59 Å². The average Bonchev–Trinajstić information content (AvgIpc) is 3.23. The first kappa shape index (κ1) is 59.2. The number of ether oxygens (including phenoxy) is 4. The number of allylic oxidation sites excluding steroid dienone is 8. The van der Waals surface area contributed by atoms with Crippen molar-refractivity contribution in [2.24, 2.45) is 0 Å². The fourth-order valence-corrected chi connectivity index (χ4v) is 6.95. The van der Waals surface area contributed by atoms with Gasteiger partial charge in [0.15, 0.2) is 6.10 Å². The summed E-state index contributed by atoms with van der Waals surface area (Å²) >= 11 is 0. The molecule has 62 heavy (non-hydrogen) atoms. The largest absolute Gasteiger partial charge is 0.477 e. The summed E-state index contributed by atoms with van der Waals surface area (Å²) in [4.78, 5) is 36.9. The van der Waals surface area contributed by atoms with E-state index >= 15 is 0 Å². The van der Waals surface area contributed by atoms with Crippen LogP contribution in [0.2, 0.25) is 0 Å². The van der Waals surface area contributed by atoms with Crippen LogP contribution in [0.5, 0.6) is 0 Å². The number of nitrogens with zero attached hydrogens (tertiary/aromatic N) is 1. The van der Waals surface area contributed by atoms with Crippen LogP contribution in [-0.2, 0) is 33.3 Å². The molecule has 9 heteroatoms. The lowest BCUT2D eigenvalue weighted by molar-refractivity contribution is -0.870. The molecule has 0 saturated carbocycles. The van der Waals surface area contributed by atoms with Crippen LogP contribution in [0.25, 0.3) is 0 Å². The minimum atomic E-state index is -1.50. The fourth-order valence-electron chi connectivity index (χ4n) is 6.95. The Balaban J connectivity index is 3.99. The summed E-state index contributed by atoms with van der Waals surface area (Å²) in [6.45, 7) is 4.70. The molecule has 0 heterocycles. The van der Waals surface area contributed by atoms with E-state index in [1.54, 1.807) is 0 Å². The molecule has 360 valence electrons. The molecule has 0 bridgehead atoms. The number of quaternary nitrogens is 1. The minimum absolute atomic E-state index is 0.180. The van der Waals surface area contributed by atoms with E-state index < -0.39 is 24.3 Å². The molecule has 1 N–H and O–H groups in total. The third-order valence-electron chi connectivity index (χ3n) is 10.8. The topological polar surface area (TPSA) is 108 Å². The van der Waals surface area contributed by atoms with E-state index in [2.05, 4.69) is 62.5 Å². The number of esters is 2. The van der Waals surface area contributed by atoms with Crippen LogP contribution in [0.4, 0.5) is 0 Å². The third-order valence-corrected chi connectivity index (χ3v) is 10.8. The second-order valence-corrected chi connectivity index (χ2v) is 18.1. The van der Waals surface area contributed by atoms with Gasteiger partial charge < -0.3 is 28.5 Å². The number of rotatable bonds is 46. The molecule has 0 amide bonds. The first-order chi connectivity index (χ1) is 30.1. The van der Waals surface area contributed by atoms with Gasteiger partial charge in [-0.25, -0.2) is 4.79 Å². The van der Waals surface area contributed by atoms with Gasteiger partial charge in [-0.1, -0.05) is 197 Å². The van der Waals surface area contributed by atoms with Gasteiger partial charge in [0.05, 0.1) is 34.4 Å². The Morgan fingerprint density at radius 3 is 1.37 bits per heavy atom. The molecule has 2 atom stereocenters. The Kier molecular flexibility index (Phi) is 42.9. The Morgan fingerprint density at radius 1 is 0.500 bits per heavy atom. The Morgan fingerprint density at radius 2 is 0.919 bits per heavy atom. The van der Waals surface area contributed by atoms with Crippen LogP contribution in [0.3, 0.4) is 0 Å². The first-order valence-electron chi connectivity index (χ1n) is 25.3. The predicted octanol–water partition coefficient (Wildman–Crippen LogP) is 13.9. The highest BCUT2D eigenvalue weighted by Gasteiger charge is 2.25. The van der Waals surface area contributed by atoms with Crippen LogP contribution in [0.15, 0.2) is 48.6 Å². The molecular weight excluding hydrogens is 779 g/mol. The van der Waals surface area contributed by atoms with Crippen LogP contribution < -0.4 is 0 Å². The van der Waals surface area contributed by atoms with Gasteiger partial charge in [0.1, 0.15) is 13.2 Å². The summed E-state index contributed by atoms with van der Waals surface area (Å²) in [7, 11) is 5.95. The summed E-state index contributed by atoms with van der Waals surface area (Å²) < 4.78 is 22.6. The summed E-state index contributed by atoms with van der Waals surface area (Å²) in [5, 5.41) is 9.61. The molecule has 2 unspecified atom stereocenters. The molecule has 9 nitrogen and oxygen atoms in total. The lowest BCUT2D eigenvalue weighted by Gasteiger charge is -2.25. The molecule has 0 aromatic rings. The number of carbonyl (C=O) groups excluding carboxylic acids is 2. The predicted molar refractivity (Wildman–Crippen MR) is 258 cm³/mol. The lowest BCUT2D eigenvalue weighted by Crippen LogP contribution is -2.40. The summed E-state index contributed by atoms with van der Waals surface area (Å²) in [6, 6.07) is 0. The molecule has 0 rings (SSSR count). The highest BCUT2D eigenvalue weighted by molar-refractivity contribution is 5.71. The second kappa shape index (κ2) is 44.8. The smallest absolute Gasteiger partial charge is 0.361 e. The van der Waals surface area contributed by atoms with Crippen LogP contribution >= 0.6 is 0 Å². The molecular formula is C53H96NO8+. The molecule has 0 aliphatic rings. The van der Waals surface area contributed by atoms with Crippen molar-refractivity contribution in [3.63, 3.8) is 0 Å². The molecule has 0 aliphatic heterocycles. The molecule has 0 aromatic carbocycles. The van der Waals surface area contributed by atoms with Crippen molar-refractivity contribution >= 4 is 17.9 Å². The standard InChI is InChI=1S/C53H95NO8/c1-6-8-10-12-14-15-16-17-18-19-20-21-22-23-24-25-26-27-28-29-30-31-32-33-34-35-36-37-38-40-42-44-51(56)62-49(47-60-50(55)43-41-39-13-11-9-7-2)48-61-53(52(57)58)59-46-45-54(3,4)5/h8,10,14-15,17-18,20-21,49,53H,6-7,9,11-13,16,19,22-48H2,1-5H3/p+1/b10-8-,15-14-,18-17-,21-20-. The highest BCUT2D eigenvalue weighted by atomic mass is 16.7. The maximum Gasteiger partial charge on any atom is 0.361 e. The number of carbonyl (C=O) groups is 3. The SMILES string of the molecule is CC/C=C\C/C=C\C/C=C\C/C=C\CCCCCCCCCCCCCCCCCCCCC(=O)OC(COC(=O)CCCCCCCC)COC(OCC[N+](C)(C)C)C(=O)O. The number of carboxylic acid groups (broad SMARTS) is 1. The van der Waals surface area contributed by atoms with Crippen LogP contribution in [-0.4, -0.2) is 87.4 Å². The zero-order valence-corrected chi connectivity index (χ0v) is 40.8. The minimum Gasteiger partial charge on any atom is -0.477 e. The van der Waals surface area contributed by atoms with Crippen molar-refractivity contribution in [2.75, 3.05) is 47.5 Å². The van der Waals surface area contributed by atoms with Crippen molar-refractivity contribution in [1.82, 2.24) is 0 Å². The monoisotopic (exact) mass is 875 g/mol. The summed E-state index contributed by atoms with van der Waals surface area (Å²) in [5.41, 5.74) is 0. The van der Waals surface area contributed by atoms with Crippen molar-refractivity contribution in [3.05, 3.63) is 48.6 Å². The van der Waals surface area contributed by atoms with Gasteiger partial charge in [0.2, 0.25) is 0 Å². The molecule has 0 aliphatic carbocycles. The van der Waals surface area contributed by atoms with E-state index in [4.69, 9.17) is 18.9 Å². The van der Waals surface area contributed by atoms with Crippen molar-refractivity contribution in [2.45, 2.75) is 225 Å². The molecule has 0 fully saturated rings. The van der Waals surface area contributed by atoms with Gasteiger partial charge in [0, 0.05) is 12.8 Å². The normalized spacial score (nSPS) is 13.2. The highest BCUT2D eigenvalue weighted by Crippen LogP contribution is 2.16. The van der Waals surface area contributed by atoms with Gasteiger partial charge in [-0.05, 0) is 51.4 Å². The Hall–Kier alpha value is -2.75. The van der Waals surface area contributed by atoms with E-state index in [0.717, 1.165) is 64.2 Å². The zero-order chi connectivity index (χ0) is 45.6. The Labute approximate surface area is 381 Å². The molecule has 0 saturated heterocycles. The van der Waals surface area contributed by atoms with Gasteiger partial charge >= 0.3 is 17.9 Å². The van der Waals surface area contributed by atoms with Gasteiger partial charge in [0.25, 0.3) is 6.29 Å². The number of unbranched alkanes of at least 4 members (excludes halogenated alkanes) is 23. The summed E-state index contributed by atoms with van der Waals surface area (Å²) in [5.74, 6) is -2.01. The number of aliphatic carboxylic acids is 1. The van der Waals surface area contributed by atoms with E-state index in [-0.39, 0.29) is 32.2 Å². The average molecular weight is 875 g/mol. The summed E-state index contributed by atoms with van der Waals surface area (Å²) in [6.07, 6.45) is 50.9. The fraction of sp³-hybridized carbons (Fsp3) is 0.792. The maximum absolute atomic E-state index is 12.7. The van der Waals surface area contributed by atoms with E-state index in [1.165, 1.54) is 122 Å². The first-order valence-corrected chi connectivity index (χ1v) is 25.3. The number of likely N-dealkylation sites (N-methyl/N-ethyl adjacent to an activating group) is 1. The van der Waals surface area contributed by atoms with Crippen molar-refractivity contribution < 1.29 is 42.9 Å². The van der Waals surface area contributed by atoms with Crippen LogP contribution in [0, 0.1) is 0 Å². The number of hydrogen-bond donors (Lipinski definition) is 1. The van der Waals surface area contributed by atoms with Gasteiger partial charge in [-0.15, -0.1) is 0 Å². The van der Waals surface area contributed by atoms with Crippen molar-refractivity contribution in [3.8, 4) is 0 Å². The number of hydrogen-bond acceptors (Lipinski definition) is 7. The van der Waals surface area contributed by atoms with E-state index in [9.17, 15) is 19.5 Å². The Bertz CT molecular complexity index is 1160. The molecule has 0 radical (unpaired) electrons.